The molecule has 0 amide bonds. The van der Waals surface area contributed by atoms with Crippen LogP contribution in [0.25, 0.3) is 11.1 Å². The maximum atomic E-state index is 11.8. The van der Waals surface area contributed by atoms with Gasteiger partial charge in [0.05, 0.1) is 19.3 Å². The van der Waals surface area contributed by atoms with Gasteiger partial charge in [-0.3, -0.25) is 0 Å². The Bertz CT molecular complexity index is 609. The van der Waals surface area contributed by atoms with Gasteiger partial charge in [-0.05, 0) is 30.7 Å². The van der Waals surface area contributed by atoms with Crippen molar-refractivity contribution in [2.75, 3.05) is 19.5 Å². The number of carbonyl (C=O) groups is 1. The summed E-state index contributed by atoms with van der Waals surface area (Å²) >= 11 is 0. The summed E-state index contributed by atoms with van der Waals surface area (Å²) in [6, 6.07) is 8.71. The highest BCUT2D eigenvalue weighted by Crippen LogP contribution is 2.26. The van der Waals surface area contributed by atoms with Gasteiger partial charge in [-0.15, -0.1) is 0 Å². The quantitative estimate of drug-likeness (QED) is 0.683. The second-order valence-electron chi connectivity index (χ2n) is 4.11. The molecular formula is C15H16N2O3. The predicted molar refractivity (Wildman–Crippen MR) is 76.6 cm³/mol. The molecule has 0 fully saturated rings. The Morgan fingerprint density at radius 3 is 2.70 bits per heavy atom. The highest BCUT2D eigenvalue weighted by Gasteiger charge is 2.14. The summed E-state index contributed by atoms with van der Waals surface area (Å²) in [4.78, 5) is 16.0. The maximum Gasteiger partial charge on any atom is 0.338 e. The molecule has 0 radical (unpaired) electrons. The van der Waals surface area contributed by atoms with E-state index in [1.54, 1.807) is 30.5 Å². The zero-order valence-electron chi connectivity index (χ0n) is 11.4. The molecule has 104 valence electrons. The summed E-state index contributed by atoms with van der Waals surface area (Å²) in [6.45, 7) is 2.45. The van der Waals surface area contributed by atoms with E-state index in [1.807, 2.05) is 13.0 Å². The molecule has 0 aliphatic heterocycles. The van der Waals surface area contributed by atoms with Gasteiger partial charge in [-0.25, -0.2) is 9.78 Å². The molecule has 2 N–H and O–H groups in total. The lowest BCUT2D eigenvalue weighted by Crippen LogP contribution is -2.05. The van der Waals surface area contributed by atoms with Crippen LogP contribution in [0.3, 0.4) is 0 Å². The first kappa shape index (κ1) is 13.9. The number of esters is 1. The second-order valence-corrected chi connectivity index (χ2v) is 4.11. The third-order valence-corrected chi connectivity index (χ3v) is 2.79. The second kappa shape index (κ2) is 6.06. The lowest BCUT2D eigenvalue weighted by molar-refractivity contribution is 0.0601. The molecule has 1 heterocycles. The summed E-state index contributed by atoms with van der Waals surface area (Å²) in [5.41, 5.74) is 8.16. The third-order valence-electron chi connectivity index (χ3n) is 2.79. The van der Waals surface area contributed by atoms with Crippen molar-refractivity contribution in [2.24, 2.45) is 0 Å². The van der Waals surface area contributed by atoms with E-state index in [-0.39, 0.29) is 0 Å². The summed E-state index contributed by atoms with van der Waals surface area (Å²) < 4.78 is 10.1. The molecule has 1 aromatic carbocycles. The number of anilines is 1. The third kappa shape index (κ3) is 2.88. The molecule has 0 bridgehead atoms. The molecule has 20 heavy (non-hydrogen) atoms. The van der Waals surface area contributed by atoms with Crippen LogP contribution >= 0.6 is 0 Å². The van der Waals surface area contributed by atoms with E-state index < -0.39 is 5.97 Å². The number of carbonyl (C=O) groups excluding carboxylic acids is 1. The van der Waals surface area contributed by atoms with Crippen LogP contribution in [0.5, 0.6) is 5.88 Å². The Kier molecular flexibility index (Phi) is 4.20. The molecule has 0 atom stereocenters. The van der Waals surface area contributed by atoms with Crippen molar-refractivity contribution in [2.45, 2.75) is 6.92 Å². The van der Waals surface area contributed by atoms with Crippen molar-refractivity contribution in [1.82, 2.24) is 4.98 Å². The van der Waals surface area contributed by atoms with Crippen molar-refractivity contribution < 1.29 is 14.3 Å². The number of nitrogens with two attached hydrogens (primary N) is 1. The number of ether oxygens (including phenoxy) is 2. The minimum atomic E-state index is -0.429. The van der Waals surface area contributed by atoms with Gasteiger partial charge in [0.2, 0.25) is 5.88 Å². The topological polar surface area (TPSA) is 74.4 Å². The van der Waals surface area contributed by atoms with E-state index in [0.717, 1.165) is 11.1 Å². The van der Waals surface area contributed by atoms with E-state index >= 15 is 0 Å². The highest BCUT2D eigenvalue weighted by molar-refractivity contribution is 5.98. The van der Waals surface area contributed by atoms with E-state index in [0.29, 0.717) is 23.7 Å². The van der Waals surface area contributed by atoms with Gasteiger partial charge in [0.1, 0.15) is 0 Å². The van der Waals surface area contributed by atoms with Gasteiger partial charge in [-0.1, -0.05) is 6.07 Å². The van der Waals surface area contributed by atoms with Gasteiger partial charge in [0.25, 0.3) is 0 Å². The molecule has 0 unspecified atom stereocenters. The van der Waals surface area contributed by atoms with E-state index in [2.05, 4.69) is 4.98 Å². The van der Waals surface area contributed by atoms with Gasteiger partial charge in [0, 0.05) is 23.5 Å². The molecule has 1 aromatic heterocycles. The molecule has 0 saturated heterocycles. The van der Waals surface area contributed by atoms with Crippen LogP contribution in [0.4, 0.5) is 5.69 Å². The molecule has 0 saturated carbocycles. The Morgan fingerprint density at radius 1 is 1.30 bits per heavy atom. The minimum absolute atomic E-state index is 0.415. The van der Waals surface area contributed by atoms with E-state index in [1.165, 1.54) is 7.11 Å². The number of rotatable bonds is 4. The summed E-state index contributed by atoms with van der Waals surface area (Å²) in [5, 5.41) is 0. The van der Waals surface area contributed by atoms with Crippen LogP contribution < -0.4 is 10.5 Å². The van der Waals surface area contributed by atoms with Crippen molar-refractivity contribution in [1.29, 1.82) is 0 Å². The van der Waals surface area contributed by atoms with Crippen molar-refractivity contribution in [3.05, 3.63) is 42.1 Å². The average molecular weight is 272 g/mol. The van der Waals surface area contributed by atoms with Gasteiger partial charge in [-0.2, -0.15) is 0 Å². The molecule has 5 nitrogen and oxygen atoms in total. The zero-order valence-corrected chi connectivity index (χ0v) is 11.4. The van der Waals surface area contributed by atoms with Crippen molar-refractivity contribution in [3.63, 3.8) is 0 Å². The fraction of sp³-hybridized carbons (Fsp3) is 0.200. The highest BCUT2D eigenvalue weighted by atomic mass is 16.5. The average Bonchev–Trinajstić information content (AvgIpc) is 2.47. The minimum Gasteiger partial charge on any atom is -0.478 e. The molecular weight excluding hydrogens is 256 g/mol. The van der Waals surface area contributed by atoms with Crippen molar-refractivity contribution in [3.8, 4) is 17.0 Å². The summed E-state index contributed by atoms with van der Waals surface area (Å²) in [7, 11) is 1.34. The molecule has 2 rings (SSSR count). The van der Waals surface area contributed by atoms with Crippen LogP contribution in [-0.2, 0) is 4.74 Å². The number of nitrogen functional groups attached to an aromatic ring is 1. The first-order chi connectivity index (χ1) is 9.65. The standard InChI is InChI=1S/C15H16N2O3/c1-3-20-14-7-4-10(9-17-14)12-6-5-11(16)8-13(12)15(18)19-2/h4-9H,3,16H2,1-2H3. The smallest absolute Gasteiger partial charge is 0.338 e. The number of hydrogen-bond donors (Lipinski definition) is 1. The van der Waals surface area contributed by atoms with Crippen LogP contribution in [0.2, 0.25) is 0 Å². The van der Waals surface area contributed by atoms with Crippen molar-refractivity contribution >= 4 is 11.7 Å². The number of aromatic nitrogens is 1. The summed E-state index contributed by atoms with van der Waals surface area (Å²) in [5.74, 6) is 0.118. The fourth-order valence-corrected chi connectivity index (χ4v) is 1.87. The molecule has 0 spiro atoms. The van der Waals surface area contributed by atoms with E-state index in [9.17, 15) is 4.79 Å². The first-order valence-electron chi connectivity index (χ1n) is 6.22. The molecule has 2 aromatic rings. The molecule has 0 aliphatic rings. The first-order valence-corrected chi connectivity index (χ1v) is 6.22. The number of benzene rings is 1. The van der Waals surface area contributed by atoms with Gasteiger partial charge < -0.3 is 15.2 Å². The molecule has 5 heteroatoms. The van der Waals surface area contributed by atoms with E-state index in [4.69, 9.17) is 15.2 Å². The molecule has 0 aliphatic carbocycles. The van der Waals surface area contributed by atoms with Crippen LogP contribution in [0.15, 0.2) is 36.5 Å². The number of pyridine rings is 1. The predicted octanol–water partition coefficient (Wildman–Crippen LogP) is 2.52. The Hall–Kier alpha value is -2.56. The van der Waals surface area contributed by atoms with Crippen LogP contribution in [-0.4, -0.2) is 24.7 Å². The monoisotopic (exact) mass is 272 g/mol. The normalized spacial score (nSPS) is 10.1. The van der Waals surface area contributed by atoms with Crippen LogP contribution in [0, 0.1) is 0 Å². The Labute approximate surface area is 117 Å². The number of methoxy groups -OCH3 is 1. The largest absolute Gasteiger partial charge is 0.478 e. The number of nitrogens with zero attached hydrogens (tertiary/aromatic N) is 1. The van der Waals surface area contributed by atoms with Crippen LogP contribution in [0.1, 0.15) is 17.3 Å². The Morgan fingerprint density at radius 2 is 2.10 bits per heavy atom. The van der Waals surface area contributed by atoms with Gasteiger partial charge in [0.15, 0.2) is 0 Å². The SMILES string of the molecule is CCOc1ccc(-c2ccc(N)cc2C(=O)OC)cn1. The zero-order chi connectivity index (χ0) is 14.5. The lowest BCUT2D eigenvalue weighted by Gasteiger charge is -2.09. The van der Waals surface area contributed by atoms with Gasteiger partial charge >= 0.3 is 5.97 Å². The Balaban J connectivity index is 2.43. The fourth-order valence-electron chi connectivity index (χ4n) is 1.87. The maximum absolute atomic E-state index is 11.8. The lowest BCUT2D eigenvalue weighted by atomic mass is 10.0. The number of hydrogen-bond acceptors (Lipinski definition) is 5. The summed E-state index contributed by atoms with van der Waals surface area (Å²) in [6.07, 6.45) is 1.66.